The number of likely N-dealkylation sites (tertiary alicyclic amines) is 5. The SMILES string of the molecule is C.CC(C)(C)N1C2CCCC1CC2.CC(C)(C)N1CC2CCC(C1)O2.CC(C)(C)N1CCCCC1.CC(C)(C)N1CCCCC1.C[C@@H]1CCCCN1C(C)(C)C.C[C@@H]1CN(C(C)(C)C)CCO1.C[C@H]1CCCCN1C(C)(C)C.C[C@H]1CN(C(C)(C)C)CCO1. The van der Waals surface area contributed by atoms with Crippen LogP contribution in [0.5, 0.6) is 0 Å². The molecule has 0 aliphatic carbocycles. The summed E-state index contributed by atoms with van der Waals surface area (Å²) < 4.78 is 16.7. The highest BCUT2D eigenvalue weighted by molar-refractivity contribution is 4.98. The molecule has 11 nitrogen and oxygen atoms in total. The normalized spacial score (nSPS) is 29.5. The van der Waals surface area contributed by atoms with Gasteiger partial charge in [0.2, 0.25) is 0 Å². The number of ether oxygens (including phenoxy) is 3. The third-order valence-corrected chi connectivity index (χ3v) is 20.8. The third-order valence-electron chi connectivity index (χ3n) is 20.8. The van der Waals surface area contributed by atoms with Crippen molar-refractivity contribution in [3.63, 3.8) is 0 Å². The molecule has 10 aliphatic rings. The van der Waals surface area contributed by atoms with E-state index in [0.29, 0.717) is 68.7 Å². The van der Waals surface area contributed by atoms with E-state index in [1.807, 2.05) is 0 Å². The molecular weight excluding hydrogens is 1100 g/mol. The van der Waals surface area contributed by atoms with Crippen LogP contribution in [0.1, 0.15) is 323 Å². The van der Waals surface area contributed by atoms with Crippen LogP contribution in [0.25, 0.3) is 0 Å². The van der Waals surface area contributed by atoms with Crippen molar-refractivity contribution in [2.75, 3.05) is 91.8 Å². The minimum Gasteiger partial charge on any atom is -0.376 e. The minimum atomic E-state index is 0. The molecule has 4 bridgehead atoms. The highest BCUT2D eigenvalue weighted by Gasteiger charge is 2.42. The number of hydrogen-bond donors (Lipinski definition) is 0. The molecule has 0 amide bonds. The zero-order valence-electron chi connectivity index (χ0n) is 64.8. The Morgan fingerprint density at radius 2 is 0.584 bits per heavy atom. The Morgan fingerprint density at radius 1 is 0.270 bits per heavy atom. The van der Waals surface area contributed by atoms with E-state index in [0.717, 1.165) is 76.6 Å². The van der Waals surface area contributed by atoms with Gasteiger partial charge in [-0.15, -0.1) is 0 Å². The largest absolute Gasteiger partial charge is 0.376 e. The summed E-state index contributed by atoms with van der Waals surface area (Å²) >= 11 is 0. The first-order valence-corrected chi connectivity index (χ1v) is 37.3. The van der Waals surface area contributed by atoms with Crippen LogP contribution in [0, 0.1) is 0 Å². The van der Waals surface area contributed by atoms with Crippen LogP contribution >= 0.6 is 0 Å². The summed E-state index contributed by atoms with van der Waals surface area (Å²) in [6, 6.07) is 3.43. The maximum absolute atomic E-state index is 5.78. The average Bonchev–Trinajstić information content (AvgIpc) is 1.77. The molecule has 0 saturated carbocycles. The average molecular weight is 1260 g/mol. The molecule has 10 heterocycles. The number of nitrogens with zero attached hydrogens (tertiary/aromatic N) is 8. The monoisotopic (exact) mass is 1260 g/mol. The fraction of sp³-hybridized carbons (Fsp3) is 1.00. The van der Waals surface area contributed by atoms with Crippen LogP contribution in [0.4, 0.5) is 0 Å². The fourth-order valence-electron chi connectivity index (χ4n) is 15.5. The Kier molecular flexibility index (Phi) is 36.1. The molecule has 10 saturated heterocycles. The summed E-state index contributed by atoms with van der Waals surface area (Å²) in [5, 5.41) is 0. The Balaban J connectivity index is 0.000000346. The van der Waals surface area contributed by atoms with E-state index in [9.17, 15) is 0 Å². The molecule has 8 atom stereocenters. The zero-order chi connectivity index (χ0) is 66.7. The van der Waals surface area contributed by atoms with Crippen molar-refractivity contribution in [3.8, 4) is 0 Å². The Bertz CT molecular complexity index is 1710. The lowest BCUT2D eigenvalue weighted by Crippen LogP contribution is -2.51. The van der Waals surface area contributed by atoms with Gasteiger partial charge in [-0.25, -0.2) is 0 Å². The van der Waals surface area contributed by atoms with E-state index in [-0.39, 0.29) is 7.43 Å². The van der Waals surface area contributed by atoms with Crippen LogP contribution < -0.4 is 0 Å². The highest BCUT2D eigenvalue weighted by Crippen LogP contribution is 2.40. The van der Waals surface area contributed by atoms with Crippen molar-refractivity contribution < 1.29 is 14.2 Å². The van der Waals surface area contributed by atoms with Crippen LogP contribution in [0.3, 0.4) is 0 Å². The Morgan fingerprint density at radius 3 is 0.809 bits per heavy atom. The van der Waals surface area contributed by atoms with E-state index in [1.165, 1.54) is 161 Å². The van der Waals surface area contributed by atoms with Crippen LogP contribution in [0.15, 0.2) is 0 Å². The smallest absolute Gasteiger partial charge is 0.0707 e. The lowest BCUT2D eigenvalue weighted by Gasteiger charge is -2.44. The van der Waals surface area contributed by atoms with Gasteiger partial charge in [-0.1, -0.05) is 39.5 Å². The first-order chi connectivity index (χ1) is 40.4. The summed E-state index contributed by atoms with van der Waals surface area (Å²) in [5.74, 6) is 0. The van der Waals surface area contributed by atoms with Gasteiger partial charge in [0.1, 0.15) is 0 Å². The van der Waals surface area contributed by atoms with E-state index in [4.69, 9.17) is 14.2 Å². The number of piperidine rings is 5. The van der Waals surface area contributed by atoms with Gasteiger partial charge >= 0.3 is 0 Å². The molecule has 10 fully saturated rings. The molecule has 532 valence electrons. The molecule has 4 unspecified atom stereocenters. The van der Waals surface area contributed by atoms with Gasteiger partial charge in [0.05, 0.1) is 37.6 Å². The van der Waals surface area contributed by atoms with Gasteiger partial charge in [0.15, 0.2) is 0 Å². The van der Waals surface area contributed by atoms with E-state index < -0.39 is 0 Å². The molecule has 89 heavy (non-hydrogen) atoms. The van der Waals surface area contributed by atoms with Crippen molar-refractivity contribution in [1.29, 1.82) is 0 Å². The van der Waals surface area contributed by atoms with Gasteiger partial charge < -0.3 is 14.2 Å². The van der Waals surface area contributed by atoms with Crippen molar-refractivity contribution in [3.05, 3.63) is 0 Å². The second-order valence-corrected chi connectivity index (χ2v) is 36.9. The summed E-state index contributed by atoms with van der Waals surface area (Å²) in [7, 11) is 0. The van der Waals surface area contributed by atoms with Crippen LogP contribution in [-0.4, -0.2) is 224 Å². The topological polar surface area (TPSA) is 53.6 Å². The van der Waals surface area contributed by atoms with E-state index in [1.54, 1.807) is 0 Å². The summed E-state index contributed by atoms with van der Waals surface area (Å²) in [5.41, 5.74) is 2.90. The summed E-state index contributed by atoms with van der Waals surface area (Å²) in [6.07, 6.45) is 28.6. The molecule has 0 aromatic carbocycles. The number of morpholine rings is 3. The fourth-order valence-corrected chi connectivity index (χ4v) is 15.5. The van der Waals surface area contributed by atoms with E-state index in [2.05, 4.69) is 233 Å². The Labute approximate surface area is 558 Å². The van der Waals surface area contributed by atoms with Crippen molar-refractivity contribution >= 4 is 0 Å². The summed E-state index contributed by atoms with van der Waals surface area (Å²) in [6.45, 7) is 80.4. The van der Waals surface area contributed by atoms with E-state index >= 15 is 0 Å². The van der Waals surface area contributed by atoms with Crippen molar-refractivity contribution in [2.24, 2.45) is 0 Å². The lowest BCUT2D eigenvalue weighted by molar-refractivity contribution is -0.0668. The molecule has 11 heteroatoms. The number of rotatable bonds is 0. The zero-order valence-corrected chi connectivity index (χ0v) is 64.8. The molecule has 0 spiro atoms. The van der Waals surface area contributed by atoms with Gasteiger partial charge in [-0.2, -0.15) is 0 Å². The highest BCUT2D eigenvalue weighted by atomic mass is 16.5. The quantitative estimate of drug-likeness (QED) is 0.233. The van der Waals surface area contributed by atoms with Gasteiger partial charge in [0.25, 0.3) is 0 Å². The lowest BCUT2D eigenvalue weighted by atomic mass is 9.95. The molecule has 0 aromatic rings. The van der Waals surface area contributed by atoms with Crippen LogP contribution in [-0.2, 0) is 14.2 Å². The van der Waals surface area contributed by atoms with Crippen molar-refractivity contribution in [2.45, 2.75) is 416 Å². The van der Waals surface area contributed by atoms with Crippen LogP contribution in [0.2, 0.25) is 0 Å². The van der Waals surface area contributed by atoms with Crippen molar-refractivity contribution in [1.82, 2.24) is 39.2 Å². The van der Waals surface area contributed by atoms with Gasteiger partial charge in [-0.3, -0.25) is 39.2 Å². The van der Waals surface area contributed by atoms with Gasteiger partial charge in [-0.05, 0) is 323 Å². The molecular formula is C78H162N8O3. The maximum Gasteiger partial charge on any atom is 0.0707 e. The third kappa shape index (κ3) is 32.0. The first-order valence-electron chi connectivity index (χ1n) is 37.3. The second kappa shape index (κ2) is 37.9. The predicted molar refractivity (Wildman–Crippen MR) is 392 cm³/mol. The Hall–Kier alpha value is -0.440. The maximum atomic E-state index is 5.78. The standard InChI is InChI=1S/C11H21N.C10H19NO.2C10H21N.2C9H19NO.2C9H19N.CH4/c1-11(2,3)12-9-5-4-6-10(12)8-7-9;1-10(2,3)11-6-8-4-5-9(7-11)12-8;2*1-9-7-5-6-8-11(9)10(2,3)4;2*1-8-7-10(5-6-11-8)9(2,3)4;2*1-9(2,3)10-7-5-4-6-8-10;/h9-10H,4-8H2,1-3H3;8-9H,4-7H2,1-3H3;2*9H,5-8H2,1-4H3;2*8H,5-7H2,1-4H3;2*4-8H2,1-3H3;1H4/t;;2*9-;2*8-;;;/m..1010.../s1. The molecule has 0 radical (unpaired) electrons. The predicted octanol–water partition coefficient (Wildman–Crippen LogP) is 18.0. The van der Waals surface area contributed by atoms with Gasteiger partial charge in [0, 0.05) is 108 Å². The molecule has 10 aliphatic heterocycles. The number of fused-ring (bicyclic) bond motifs is 4. The first kappa shape index (κ1) is 84.6. The molecule has 0 aromatic heterocycles. The minimum absolute atomic E-state index is 0. The number of hydrogen-bond acceptors (Lipinski definition) is 11. The molecule has 0 N–H and O–H groups in total. The second-order valence-electron chi connectivity index (χ2n) is 36.9. The summed E-state index contributed by atoms with van der Waals surface area (Å²) in [4.78, 5) is 20.7. The molecule has 10 rings (SSSR count).